The second kappa shape index (κ2) is 2.77. The fraction of sp³-hybridized carbons (Fsp3) is 0.111. The minimum Gasteiger partial charge on any atom is -0.458 e. The van der Waals surface area contributed by atoms with Gasteiger partial charge in [-0.2, -0.15) is 0 Å². The molecule has 1 aliphatic heterocycles. The Morgan fingerprint density at radius 3 is 2.67 bits per heavy atom. The van der Waals surface area contributed by atoms with E-state index in [-0.39, 0.29) is 5.97 Å². The van der Waals surface area contributed by atoms with Crippen molar-refractivity contribution in [2.24, 2.45) is 0 Å². The molecule has 0 fully saturated rings. The Hall–Kier alpha value is -1.64. The molecule has 12 heavy (non-hydrogen) atoms. The quantitative estimate of drug-likeness (QED) is 0.577. The van der Waals surface area contributed by atoms with Crippen molar-refractivity contribution in [1.82, 2.24) is 4.98 Å². The molecule has 0 amide bonds. The first-order chi connectivity index (χ1) is 5.86. The number of carbonyl (C=O) groups is 1. The van der Waals surface area contributed by atoms with Gasteiger partial charge in [0.25, 0.3) is 0 Å². The van der Waals surface area contributed by atoms with Gasteiger partial charge in [0.05, 0.1) is 0 Å². The average molecular weight is 161 g/mol. The molecule has 0 atom stereocenters. The molecule has 3 nitrogen and oxygen atoms in total. The maximum atomic E-state index is 10.7. The van der Waals surface area contributed by atoms with Gasteiger partial charge in [0, 0.05) is 24.0 Å². The Morgan fingerprint density at radius 2 is 2.08 bits per heavy atom. The molecule has 0 radical (unpaired) electrons. The molecule has 0 aromatic carbocycles. The van der Waals surface area contributed by atoms with Crippen LogP contribution in [0, 0.1) is 0 Å². The smallest absolute Gasteiger partial charge is 0.331 e. The molecular weight excluding hydrogens is 154 g/mol. The van der Waals surface area contributed by atoms with Gasteiger partial charge in [-0.15, -0.1) is 0 Å². The van der Waals surface area contributed by atoms with Gasteiger partial charge >= 0.3 is 5.97 Å². The van der Waals surface area contributed by atoms with E-state index < -0.39 is 0 Å². The summed E-state index contributed by atoms with van der Waals surface area (Å²) in [6.07, 6.45) is 4.90. The number of pyridine rings is 1. The van der Waals surface area contributed by atoms with Gasteiger partial charge in [-0.3, -0.25) is 4.98 Å². The number of aromatic nitrogens is 1. The summed E-state index contributed by atoms with van der Waals surface area (Å²) in [4.78, 5) is 14.6. The van der Waals surface area contributed by atoms with E-state index in [2.05, 4.69) is 4.98 Å². The Morgan fingerprint density at radius 1 is 1.33 bits per heavy atom. The largest absolute Gasteiger partial charge is 0.458 e. The highest BCUT2D eigenvalue weighted by Gasteiger charge is 2.13. The molecule has 1 aromatic heterocycles. The summed E-state index contributed by atoms with van der Waals surface area (Å²) < 4.78 is 4.77. The highest BCUT2D eigenvalue weighted by Crippen LogP contribution is 2.17. The highest BCUT2D eigenvalue weighted by atomic mass is 16.5. The van der Waals surface area contributed by atoms with Gasteiger partial charge in [0.2, 0.25) is 0 Å². The SMILES string of the molecule is O=C1C=C(c2ccncc2)CO1. The Labute approximate surface area is 69.7 Å². The van der Waals surface area contributed by atoms with Crippen LogP contribution in [0.5, 0.6) is 0 Å². The zero-order valence-electron chi connectivity index (χ0n) is 6.36. The summed E-state index contributed by atoms with van der Waals surface area (Å²) in [7, 11) is 0. The van der Waals surface area contributed by atoms with Gasteiger partial charge in [-0.05, 0) is 17.7 Å². The predicted octanol–water partition coefficient (Wildman–Crippen LogP) is 1.02. The standard InChI is InChI=1S/C9H7NO2/c11-9-5-8(6-12-9)7-1-3-10-4-2-7/h1-5H,6H2. The number of hydrogen-bond acceptors (Lipinski definition) is 3. The van der Waals surface area contributed by atoms with E-state index >= 15 is 0 Å². The predicted molar refractivity (Wildman–Crippen MR) is 43.2 cm³/mol. The number of hydrogen-bond donors (Lipinski definition) is 0. The molecule has 0 aliphatic carbocycles. The number of cyclic esters (lactones) is 1. The van der Waals surface area contributed by atoms with Crippen molar-refractivity contribution in [3.05, 3.63) is 36.2 Å². The van der Waals surface area contributed by atoms with Crippen molar-refractivity contribution in [3.8, 4) is 0 Å². The van der Waals surface area contributed by atoms with E-state index in [1.54, 1.807) is 12.4 Å². The number of carbonyl (C=O) groups excluding carboxylic acids is 1. The fourth-order valence-electron chi connectivity index (χ4n) is 1.11. The summed E-state index contributed by atoms with van der Waals surface area (Å²) in [6, 6.07) is 3.71. The maximum Gasteiger partial charge on any atom is 0.331 e. The van der Waals surface area contributed by atoms with Crippen LogP contribution < -0.4 is 0 Å². The summed E-state index contributed by atoms with van der Waals surface area (Å²) in [5.74, 6) is -0.262. The lowest BCUT2D eigenvalue weighted by Crippen LogP contribution is -1.91. The second-order valence-electron chi connectivity index (χ2n) is 2.51. The van der Waals surface area contributed by atoms with Gasteiger partial charge < -0.3 is 4.74 Å². The summed E-state index contributed by atoms with van der Waals surface area (Å²) in [5, 5.41) is 0. The molecule has 2 heterocycles. The zero-order chi connectivity index (χ0) is 8.39. The third-order valence-electron chi connectivity index (χ3n) is 1.71. The number of ether oxygens (including phenoxy) is 1. The average Bonchev–Trinajstić information content (AvgIpc) is 2.54. The topological polar surface area (TPSA) is 39.2 Å². The number of esters is 1. The minimum absolute atomic E-state index is 0.262. The third-order valence-corrected chi connectivity index (χ3v) is 1.71. The van der Waals surface area contributed by atoms with E-state index in [1.165, 1.54) is 6.08 Å². The molecular formula is C9H7NO2. The number of rotatable bonds is 1. The van der Waals surface area contributed by atoms with Crippen LogP contribution >= 0.6 is 0 Å². The van der Waals surface area contributed by atoms with E-state index in [0.29, 0.717) is 6.61 Å². The summed E-state index contributed by atoms with van der Waals surface area (Å²) in [6.45, 7) is 0.378. The molecule has 0 saturated carbocycles. The van der Waals surface area contributed by atoms with Crippen molar-refractivity contribution in [3.63, 3.8) is 0 Å². The van der Waals surface area contributed by atoms with Crippen LogP contribution in [-0.4, -0.2) is 17.6 Å². The lowest BCUT2D eigenvalue weighted by Gasteiger charge is -1.97. The van der Waals surface area contributed by atoms with E-state index in [1.807, 2.05) is 12.1 Å². The van der Waals surface area contributed by atoms with E-state index in [4.69, 9.17) is 4.74 Å². The normalized spacial score (nSPS) is 15.7. The molecule has 1 aromatic rings. The van der Waals surface area contributed by atoms with Crippen molar-refractivity contribution < 1.29 is 9.53 Å². The van der Waals surface area contributed by atoms with Gasteiger partial charge in [0.1, 0.15) is 6.61 Å². The van der Waals surface area contributed by atoms with Crippen LogP contribution in [0.1, 0.15) is 5.56 Å². The van der Waals surface area contributed by atoms with Crippen molar-refractivity contribution in [2.45, 2.75) is 0 Å². The first-order valence-electron chi connectivity index (χ1n) is 3.64. The molecule has 0 unspecified atom stereocenters. The molecule has 2 rings (SSSR count). The Bertz CT molecular complexity index is 330. The minimum atomic E-state index is -0.262. The fourth-order valence-corrected chi connectivity index (χ4v) is 1.11. The molecule has 0 bridgehead atoms. The summed E-state index contributed by atoms with van der Waals surface area (Å²) in [5.41, 5.74) is 1.92. The van der Waals surface area contributed by atoms with E-state index in [9.17, 15) is 4.79 Å². The van der Waals surface area contributed by atoms with Gasteiger partial charge in [-0.25, -0.2) is 4.79 Å². The van der Waals surface area contributed by atoms with Crippen molar-refractivity contribution in [1.29, 1.82) is 0 Å². The van der Waals surface area contributed by atoms with Crippen LogP contribution in [0.15, 0.2) is 30.6 Å². The third kappa shape index (κ3) is 1.21. The highest BCUT2D eigenvalue weighted by molar-refractivity contribution is 5.95. The van der Waals surface area contributed by atoms with Crippen LogP contribution in [0.3, 0.4) is 0 Å². The van der Waals surface area contributed by atoms with Gasteiger partial charge in [-0.1, -0.05) is 0 Å². The molecule has 60 valence electrons. The van der Waals surface area contributed by atoms with Crippen molar-refractivity contribution in [2.75, 3.05) is 6.61 Å². The Balaban J connectivity index is 2.33. The van der Waals surface area contributed by atoms with Crippen molar-refractivity contribution >= 4 is 11.5 Å². The first kappa shape index (κ1) is 7.03. The summed E-state index contributed by atoms with van der Waals surface area (Å²) >= 11 is 0. The lowest BCUT2D eigenvalue weighted by atomic mass is 10.1. The van der Waals surface area contributed by atoms with Crippen LogP contribution in [-0.2, 0) is 9.53 Å². The monoisotopic (exact) mass is 161 g/mol. The molecule has 3 heteroatoms. The Kier molecular flexibility index (Phi) is 1.63. The molecule has 0 saturated heterocycles. The second-order valence-corrected chi connectivity index (χ2v) is 2.51. The van der Waals surface area contributed by atoms with Crippen LogP contribution in [0.2, 0.25) is 0 Å². The molecule has 0 N–H and O–H groups in total. The van der Waals surface area contributed by atoms with Crippen LogP contribution in [0.4, 0.5) is 0 Å². The first-order valence-corrected chi connectivity index (χ1v) is 3.64. The molecule has 0 spiro atoms. The zero-order valence-corrected chi connectivity index (χ0v) is 6.36. The van der Waals surface area contributed by atoms with Crippen LogP contribution in [0.25, 0.3) is 5.57 Å². The maximum absolute atomic E-state index is 10.7. The van der Waals surface area contributed by atoms with E-state index in [0.717, 1.165) is 11.1 Å². The van der Waals surface area contributed by atoms with Gasteiger partial charge in [0.15, 0.2) is 0 Å². The number of nitrogens with zero attached hydrogens (tertiary/aromatic N) is 1. The molecule has 1 aliphatic rings. The lowest BCUT2D eigenvalue weighted by molar-refractivity contribution is -0.134.